The molecular formula is C10H12N6O3. The highest BCUT2D eigenvalue weighted by Crippen LogP contribution is 2.26. The van der Waals surface area contributed by atoms with E-state index in [4.69, 9.17) is 10.3 Å². The number of nitrogens with zero attached hydrogens (tertiary/aromatic N) is 3. The molecule has 0 atom stereocenters. The quantitative estimate of drug-likeness (QED) is 0.416. The molecule has 19 heavy (non-hydrogen) atoms. The SMILES string of the molecule is Cc1nc(NN)nc(NCc2ccco2)c1[N+](=O)[O-]. The lowest BCUT2D eigenvalue weighted by Gasteiger charge is -2.08. The zero-order chi connectivity index (χ0) is 13.8. The molecule has 2 aromatic rings. The number of aromatic nitrogens is 2. The second-order valence-electron chi connectivity index (χ2n) is 3.66. The second-order valence-corrected chi connectivity index (χ2v) is 3.66. The molecule has 2 heterocycles. The largest absolute Gasteiger partial charge is 0.467 e. The van der Waals surface area contributed by atoms with E-state index in [9.17, 15) is 10.1 Å². The first-order valence-electron chi connectivity index (χ1n) is 5.37. The molecule has 0 spiro atoms. The Morgan fingerprint density at radius 3 is 2.89 bits per heavy atom. The van der Waals surface area contributed by atoms with Crippen molar-refractivity contribution >= 4 is 17.5 Å². The summed E-state index contributed by atoms with van der Waals surface area (Å²) in [6.45, 7) is 1.78. The summed E-state index contributed by atoms with van der Waals surface area (Å²) in [5.41, 5.74) is 2.29. The van der Waals surface area contributed by atoms with E-state index in [0.717, 1.165) is 0 Å². The van der Waals surface area contributed by atoms with Gasteiger partial charge in [0.25, 0.3) is 0 Å². The van der Waals surface area contributed by atoms with E-state index in [1.165, 1.54) is 13.2 Å². The minimum atomic E-state index is -0.542. The highest BCUT2D eigenvalue weighted by Gasteiger charge is 2.21. The molecule has 0 unspecified atom stereocenters. The van der Waals surface area contributed by atoms with Crippen molar-refractivity contribution in [1.29, 1.82) is 0 Å². The lowest BCUT2D eigenvalue weighted by atomic mass is 10.3. The average molecular weight is 264 g/mol. The van der Waals surface area contributed by atoms with Gasteiger partial charge in [-0.2, -0.15) is 4.98 Å². The summed E-state index contributed by atoms with van der Waals surface area (Å²) in [6.07, 6.45) is 1.52. The van der Waals surface area contributed by atoms with Crippen LogP contribution < -0.4 is 16.6 Å². The number of hydrogen-bond acceptors (Lipinski definition) is 8. The van der Waals surface area contributed by atoms with Gasteiger partial charge >= 0.3 is 5.69 Å². The van der Waals surface area contributed by atoms with Crippen molar-refractivity contribution in [2.45, 2.75) is 13.5 Å². The van der Waals surface area contributed by atoms with Gasteiger partial charge < -0.3 is 9.73 Å². The molecule has 100 valence electrons. The summed E-state index contributed by atoms with van der Waals surface area (Å²) in [5.74, 6) is 6.03. The standard InChI is InChI=1S/C10H12N6O3/c1-6-8(16(17)18)9(14-10(13-6)15-11)12-5-7-3-2-4-19-7/h2-4H,5,11H2,1H3,(H2,12,13,14,15). The van der Waals surface area contributed by atoms with Gasteiger partial charge in [0, 0.05) is 0 Å². The Bertz CT molecular complexity index is 583. The summed E-state index contributed by atoms with van der Waals surface area (Å²) in [4.78, 5) is 18.3. The summed E-state index contributed by atoms with van der Waals surface area (Å²) < 4.78 is 5.13. The third kappa shape index (κ3) is 2.77. The first-order valence-corrected chi connectivity index (χ1v) is 5.37. The molecule has 0 fully saturated rings. The highest BCUT2D eigenvalue weighted by atomic mass is 16.6. The fourth-order valence-electron chi connectivity index (χ4n) is 1.56. The summed E-state index contributed by atoms with van der Waals surface area (Å²) in [6, 6.07) is 3.47. The van der Waals surface area contributed by atoms with Crippen LogP contribution in [0.5, 0.6) is 0 Å². The molecule has 0 amide bonds. The number of nitrogen functional groups attached to an aromatic ring is 1. The molecular weight excluding hydrogens is 252 g/mol. The number of anilines is 2. The van der Waals surface area contributed by atoms with Gasteiger partial charge in [0.2, 0.25) is 11.8 Å². The molecule has 0 saturated heterocycles. The van der Waals surface area contributed by atoms with E-state index in [-0.39, 0.29) is 29.7 Å². The molecule has 0 aromatic carbocycles. The minimum Gasteiger partial charge on any atom is -0.467 e. The van der Waals surface area contributed by atoms with E-state index < -0.39 is 4.92 Å². The lowest BCUT2D eigenvalue weighted by molar-refractivity contribution is -0.385. The normalized spacial score (nSPS) is 10.2. The number of aryl methyl sites for hydroxylation is 1. The molecule has 9 heteroatoms. The molecule has 4 N–H and O–H groups in total. The van der Waals surface area contributed by atoms with Crippen LogP contribution in [0.4, 0.5) is 17.5 Å². The van der Waals surface area contributed by atoms with E-state index in [2.05, 4.69) is 20.7 Å². The molecule has 9 nitrogen and oxygen atoms in total. The molecule has 0 radical (unpaired) electrons. The Kier molecular flexibility index (Phi) is 3.57. The van der Waals surface area contributed by atoms with Crippen molar-refractivity contribution in [3.63, 3.8) is 0 Å². The Hall–Kier alpha value is -2.68. The monoisotopic (exact) mass is 264 g/mol. The summed E-state index contributed by atoms with van der Waals surface area (Å²) >= 11 is 0. The van der Waals surface area contributed by atoms with Crippen molar-refractivity contribution < 1.29 is 9.34 Å². The van der Waals surface area contributed by atoms with Crippen LogP contribution in [0.3, 0.4) is 0 Å². The van der Waals surface area contributed by atoms with Crippen LogP contribution in [-0.4, -0.2) is 14.9 Å². The third-order valence-electron chi connectivity index (χ3n) is 2.38. The zero-order valence-electron chi connectivity index (χ0n) is 10.1. The van der Waals surface area contributed by atoms with Gasteiger partial charge in [-0.05, 0) is 19.1 Å². The van der Waals surface area contributed by atoms with Crippen LogP contribution in [0.25, 0.3) is 0 Å². The maximum atomic E-state index is 11.0. The van der Waals surface area contributed by atoms with E-state index >= 15 is 0 Å². The molecule has 2 aromatic heterocycles. The minimum absolute atomic E-state index is 0.0850. The third-order valence-corrected chi connectivity index (χ3v) is 2.38. The fourth-order valence-corrected chi connectivity index (χ4v) is 1.56. The van der Waals surface area contributed by atoms with Crippen molar-refractivity contribution in [1.82, 2.24) is 9.97 Å². The highest BCUT2D eigenvalue weighted by molar-refractivity contribution is 5.60. The van der Waals surface area contributed by atoms with E-state index in [1.807, 2.05) is 0 Å². The molecule has 0 aliphatic rings. The van der Waals surface area contributed by atoms with Crippen LogP contribution in [0.1, 0.15) is 11.5 Å². The predicted octanol–water partition coefficient (Wildman–Crippen LogP) is 1.18. The topological polar surface area (TPSA) is 132 Å². The summed E-state index contributed by atoms with van der Waals surface area (Å²) in [7, 11) is 0. The zero-order valence-corrected chi connectivity index (χ0v) is 10.1. The van der Waals surface area contributed by atoms with Gasteiger partial charge in [0.15, 0.2) is 0 Å². The number of furan rings is 1. The smallest absolute Gasteiger partial charge is 0.332 e. The van der Waals surface area contributed by atoms with Gasteiger partial charge in [-0.15, -0.1) is 0 Å². The Morgan fingerprint density at radius 1 is 1.53 bits per heavy atom. The van der Waals surface area contributed by atoms with Crippen molar-refractivity contribution in [3.05, 3.63) is 40.0 Å². The predicted molar refractivity (Wildman–Crippen MR) is 67.3 cm³/mol. The molecule has 0 bridgehead atoms. The van der Waals surface area contributed by atoms with Gasteiger partial charge in [-0.1, -0.05) is 0 Å². The number of nitro groups is 1. The van der Waals surface area contributed by atoms with Gasteiger partial charge in [0.05, 0.1) is 17.7 Å². The number of nitrogens with two attached hydrogens (primary N) is 1. The maximum Gasteiger partial charge on any atom is 0.332 e. The number of hydrogen-bond donors (Lipinski definition) is 3. The van der Waals surface area contributed by atoms with Gasteiger partial charge in [-0.3, -0.25) is 15.5 Å². The first-order chi connectivity index (χ1) is 9.11. The van der Waals surface area contributed by atoms with Crippen molar-refractivity contribution in [2.75, 3.05) is 10.7 Å². The fraction of sp³-hybridized carbons (Fsp3) is 0.200. The van der Waals surface area contributed by atoms with Gasteiger partial charge in [0.1, 0.15) is 11.5 Å². The summed E-state index contributed by atoms with van der Waals surface area (Å²) in [5, 5.41) is 13.8. The second kappa shape index (κ2) is 5.31. The van der Waals surface area contributed by atoms with Gasteiger partial charge in [-0.25, -0.2) is 10.8 Å². The van der Waals surface area contributed by atoms with Crippen LogP contribution >= 0.6 is 0 Å². The Morgan fingerprint density at radius 2 is 2.32 bits per heavy atom. The first kappa shape index (κ1) is 12.8. The molecule has 0 aliphatic heterocycles. The van der Waals surface area contributed by atoms with Crippen LogP contribution in [0, 0.1) is 17.0 Å². The van der Waals surface area contributed by atoms with E-state index in [0.29, 0.717) is 5.76 Å². The van der Waals surface area contributed by atoms with Crippen LogP contribution in [0.2, 0.25) is 0 Å². The molecule has 0 aliphatic carbocycles. The Balaban J connectivity index is 2.30. The Labute approximate surface area is 108 Å². The number of hydrazine groups is 1. The lowest BCUT2D eigenvalue weighted by Crippen LogP contribution is -2.14. The number of nitrogens with one attached hydrogen (secondary N) is 2. The van der Waals surface area contributed by atoms with E-state index in [1.54, 1.807) is 12.1 Å². The van der Waals surface area contributed by atoms with Crippen molar-refractivity contribution in [2.24, 2.45) is 5.84 Å². The average Bonchev–Trinajstić information content (AvgIpc) is 2.88. The van der Waals surface area contributed by atoms with Crippen molar-refractivity contribution in [3.8, 4) is 0 Å². The van der Waals surface area contributed by atoms with Crippen LogP contribution in [-0.2, 0) is 6.54 Å². The van der Waals surface area contributed by atoms with Crippen LogP contribution in [0.15, 0.2) is 22.8 Å². The molecule has 0 saturated carbocycles. The molecule has 2 rings (SSSR count). The number of rotatable bonds is 5. The maximum absolute atomic E-state index is 11.0.